The third kappa shape index (κ3) is 2.36. The van der Waals surface area contributed by atoms with Crippen LogP contribution in [0.15, 0.2) is 28.7 Å². The van der Waals surface area contributed by atoms with E-state index in [2.05, 4.69) is 5.32 Å². The lowest BCUT2D eigenvalue weighted by atomic mass is 10.1. The van der Waals surface area contributed by atoms with Gasteiger partial charge in [0, 0.05) is 6.07 Å². The second-order valence-corrected chi connectivity index (χ2v) is 3.88. The first-order chi connectivity index (χ1) is 8.11. The first-order valence-electron chi connectivity index (χ1n) is 5.31. The zero-order valence-corrected chi connectivity index (χ0v) is 9.68. The molecule has 0 aliphatic rings. The van der Waals surface area contributed by atoms with Gasteiger partial charge in [-0.2, -0.15) is 0 Å². The van der Waals surface area contributed by atoms with Gasteiger partial charge in [0.05, 0.1) is 12.1 Å². The molecule has 0 bridgehead atoms. The van der Waals surface area contributed by atoms with Gasteiger partial charge in [0.15, 0.2) is 0 Å². The Morgan fingerprint density at radius 2 is 1.94 bits per heavy atom. The summed E-state index contributed by atoms with van der Waals surface area (Å²) in [6.07, 6.45) is 0. The Morgan fingerprint density at radius 1 is 1.18 bits per heavy atom. The third-order valence-electron chi connectivity index (χ3n) is 2.53. The molecule has 0 spiro atoms. The largest absolute Gasteiger partial charge is 0.460 e. The minimum absolute atomic E-state index is 0.284. The van der Waals surface area contributed by atoms with E-state index in [4.69, 9.17) is 4.42 Å². The van der Waals surface area contributed by atoms with Gasteiger partial charge < -0.3 is 9.73 Å². The second kappa shape index (κ2) is 4.67. The van der Waals surface area contributed by atoms with E-state index >= 15 is 0 Å². The maximum absolute atomic E-state index is 13.6. The molecule has 1 aromatic carbocycles. The van der Waals surface area contributed by atoms with Gasteiger partial charge in [-0.3, -0.25) is 0 Å². The maximum atomic E-state index is 13.6. The van der Waals surface area contributed by atoms with Crippen molar-refractivity contribution in [2.24, 2.45) is 0 Å². The van der Waals surface area contributed by atoms with E-state index in [0.717, 1.165) is 6.07 Å². The van der Waals surface area contributed by atoms with Gasteiger partial charge in [-0.05, 0) is 37.7 Å². The average Bonchev–Trinajstić information content (AvgIpc) is 2.72. The normalized spacial score (nSPS) is 10.8. The standard InChI is InChI=1S/C13H13F2NO/c1-8-5-10(12(15)6-11(8)14)13-4-3-9(17-13)7-16-2/h3-6,16H,7H2,1-2H3. The van der Waals surface area contributed by atoms with Crippen molar-refractivity contribution in [2.75, 3.05) is 7.05 Å². The molecule has 2 nitrogen and oxygen atoms in total. The molecule has 0 radical (unpaired) electrons. The van der Waals surface area contributed by atoms with Crippen LogP contribution < -0.4 is 5.32 Å². The Balaban J connectivity index is 2.41. The number of aryl methyl sites for hydroxylation is 1. The molecule has 4 heteroatoms. The number of nitrogens with one attached hydrogen (secondary N) is 1. The second-order valence-electron chi connectivity index (χ2n) is 3.88. The molecule has 1 heterocycles. The Morgan fingerprint density at radius 3 is 2.65 bits per heavy atom. The Labute approximate surface area is 98.3 Å². The quantitative estimate of drug-likeness (QED) is 0.886. The Bertz CT molecular complexity index is 534. The van der Waals surface area contributed by atoms with Gasteiger partial charge in [-0.15, -0.1) is 0 Å². The van der Waals surface area contributed by atoms with Gasteiger partial charge in [0.1, 0.15) is 23.2 Å². The van der Waals surface area contributed by atoms with Crippen LogP contribution in [0, 0.1) is 18.6 Å². The lowest BCUT2D eigenvalue weighted by molar-refractivity contribution is 0.502. The molecule has 1 aromatic heterocycles. The van der Waals surface area contributed by atoms with Crippen LogP contribution in [-0.4, -0.2) is 7.05 Å². The summed E-state index contributed by atoms with van der Waals surface area (Å²) in [5.74, 6) is -0.0357. The predicted molar refractivity (Wildman–Crippen MR) is 61.6 cm³/mol. The molecule has 2 aromatic rings. The van der Waals surface area contributed by atoms with E-state index in [1.165, 1.54) is 6.07 Å². The van der Waals surface area contributed by atoms with Crippen molar-refractivity contribution in [3.8, 4) is 11.3 Å². The van der Waals surface area contributed by atoms with Gasteiger partial charge in [0.2, 0.25) is 0 Å². The fourth-order valence-corrected chi connectivity index (χ4v) is 1.64. The molecule has 2 rings (SSSR count). The molecule has 0 aliphatic heterocycles. The van der Waals surface area contributed by atoms with Gasteiger partial charge in [0.25, 0.3) is 0 Å². The minimum atomic E-state index is -0.613. The molecule has 90 valence electrons. The molecular weight excluding hydrogens is 224 g/mol. The molecule has 0 aliphatic carbocycles. The van der Waals surface area contributed by atoms with E-state index in [-0.39, 0.29) is 5.56 Å². The highest BCUT2D eigenvalue weighted by Gasteiger charge is 2.12. The summed E-state index contributed by atoms with van der Waals surface area (Å²) in [7, 11) is 1.80. The van der Waals surface area contributed by atoms with Crippen LogP contribution in [-0.2, 0) is 6.54 Å². The SMILES string of the molecule is CNCc1ccc(-c2cc(C)c(F)cc2F)o1. The van der Waals surface area contributed by atoms with Crippen LogP contribution in [0.1, 0.15) is 11.3 Å². The monoisotopic (exact) mass is 237 g/mol. The highest BCUT2D eigenvalue weighted by molar-refractivity contribution is 5.59. The van der Waals surface area contributed by atoms with Crippen LogP contribution in [0.4, 0.5) is 8.78 Å². The number of halogens is 2. The van der Waals surface area contributed by atoms with Crippen molar-refractivity contribution in [2.45, 2.75) is 13.5 Å². The minimum Gasteiger partial charge on any atom is -0.460 e. The first kappa shape index (κ1) is 11.8. The lowest BCUT2D eigenvalue weighted by Gasteiger charge is -2.03. The molecule has 0 amide bonds. The van der Waals surface area contributed by atoms with Crippen molar-refractivity contribution in [3.05, 3.63) is 47.2 Å². The van der Waals surface area contributed by atoms with Crippen LogP contribution in [0.5, 0.6) is 0 Å². The summed E-state index contributed by atoms with van der Waals surface area (Å²) >= 11 is 0. The molecule has 0 atom stereocenters. The zero-order valence-electron chi connectivity index (χ0n) is 9.68. The smallest absolute Gasteiger partial charge is 0.137 e. The molecule has 0 saturated carbocycles. The summed E-state index contributed by atoms with van der Waals surface area (Å²) in [4.78, 5) is 0. The molecular formula is C13H13F2NO. The zero-order chi connectivity index (χ0) is 12.4. The number of rotatable bonds is 3. The van der Waals surface area contributed by atoms with Crippen molar-refractivity contribution in [1.82, 2.24) is 5.32 Å². The van der Waals surface area contributed by atoms with Crippen LogP contribution in [0.25, 0.3) is 11.3 Å². The third-order valence-corrected chi connectivity index (χ3v) is 2.53. The van der Waals surface area contributed by atoms with E-state index in [1.807, 2.05) is 0 Å². The number of benzene rings is 1. The molecule has 0 unspecified atom stereocenters. The number of hydrogen-bond acceptors (Lipinski definition) is 2. The maximum Gasteiger partial charge on any atom is 0.137 e. The van der Waals surface area contributed by atoms with E-state index < -0.39 is 11.6 Å². The van der Waals surface area contributed by atoms with Crippen molar-refractivity contribution in [1.29, 1.82) is 0 Å². The number of hydrogen-bond donors (Lipinski definition) is 1. The van der Waals surface area contributed by atoms with Crippen LogP contribution in [0.3, 0.4) is 0 Å². The van der Waals surface area contributed by atoms with E-state index in [9.17, 15) is 8.78 Å². The van der Waals surface area contributed by atoms with E-state index in [0.29, 0.717) is 23.6 Å². The molecule has 1 N–H and O–H groups in total. The highest BCUT2D eigenvalue weighted by Crippen LogP contribution is 2.27. The fraction of sp³-hybridized carbons (Fsp3) is 0.231. The predicted octanol–water partition coefficient (Wildman–Crippen LogP) is 3.25. The Hall–Kier alpha value is -1.68. The first-order valence-corrected chi connectivity index (χ1v) is 5.31. The van der Waals surface area contributed by atoms with Gasteiger partial charge in [-0.1, -0.05) is 0 Å². The summed E-state index contributed by atoms with van der Waals surface area (Å²) in [6, 6.07) is 5.78. The van der Waals surface area contributed by atoms with Crippen molar-refractivity contribution < 1.29 is 13.2 Å². The van der Waals surface area contributed by atoms with Gasteiger partial charge >= 0.3 is 0 Å². The van der Waals surface area contributed by atoms with Crippen LogP contribution in [0.2, 0.25) is 0 Å². The highest BCUT2D eigenvalue weighted by atomic mass is 19.1. The lowest BCUT2D eigenvalue weighted by Crippen LogP contribution is -2.03. The van der Waals surface area contributed by atoms with Crippen molar-refractivity contribution >= 4 is 0 Å². The Kier molecular flexibility index (Phi) is 3.24. The van der Waals surface area contributed by atoms with Gasteiger partial charge in [-0.25, -0.2) is 8.78 Å². The number of furan rings is 1. The molecule has 0 fully saturated rings. The van der Waals surface area contributed by atoms with E-state index in [1.54, 1.807) is 26.1 Å². The fourth-order valence-electron chi connectivity index (χ4n) is 1.64. The summed E-state index contributed by atoms with van der Waals surface area (Å²) in [6.45, 7) is 2.16. The van der Waals surface area contributed by atoms with Crippen LogP contribution >= 0.6 is 0 Å². The topological polar surface area (TPSA) is 25.2 Å². The summed E-state index contributed by atoms with van der Waals surface area (Å²) in [5.41, 5.74) is 0.680. The van der Waals surface area contributed by atoms with Crippen molar-refractivity contribution in [3.63, 3.8) is 0 Å². The summed E-state index contributed by atoms with van der Waals surface area (Å²) < 4.78 is 32.2. The molecule has 17 heavy (non-hydrogen) atoms. The molecule has 0 saturated heterocycles. The average molecular weight is 237 g/mol. The summed E-state index contributed by atoms with van der Waals surface area (Å²) in [5, 5.41) is 2.94.